The largest absolute Gasteiger partial charge is 0.497 e. The van der Waals surface area contributed by atoms with Crippen molar-refractivity contribution in [2.75, 3.05) is 12.4 Å². The van der Waals surface area contributed by atoms with Gasteiger partial charge >= 0.3 is 0 Å². The summed E-state index contributed by atoms with van der Waals surface area (Å²) in [6.45, 7) is 2.25. The molecule has 0 radical (unpaired) electrons. The first-order chi connectivity index (χ1) is 11.8. The molecule has 0 heterocycles. The molecule has 25 heavy (non-hydrogen) atoms. The van der Waals surface area contributed by atoms with E-state index in [0.29, 0.717) is 12.2 Å². The number of hydrogen-bond acceptors (Lipinski definition) is 5. The number of anilines is 1. The Morgan fingerprint density at radius 1 is 1.20 bits per heavy atom. The minimum atomic E-state index is -3.74. The van der Waals surface area contributed by atoms with Gasteiger partial charge in [-0.25, -0.2) is 13.6 Å². The van der Waals surface area contributed by atoms with E-state index in [1.54, 1.807) is 14.0 Å². The fourth-order valence-electron chi connectivity index (χ4n) is 2.12. The molecule has 0 aromatic heterocycles. The highest BCUT2D eigenvalue weighted by atomic mass is 32.2. The zero-order chi connectivity index (χ0) is 18.4. The lowest BCUT2D eigenvalue weighted by Gasteiger charge is -2.14. The van der Waals surface area contributed by atoms with E-state index >= 15 is 0 Å². The molecule has 8 heteroatoms. The molecule has 0 fully saturated rings. The fourth-order valence-corrected chi connectivity index (χ4v) is 2.64. The molecule has 2 aromatic rings. The lowest BCUT2D eigenvalue weighted by molar-refractivity contribution is -0.117. The van der Waals surface area contributed by atoms with Crippen LogP contribution in [0.2, 0.25) is 0 Å². The summed E-state index contributed by atoms with van der Waals surface area (Å²) >= 11 is 0. The maximum atomic E-state index is 12.2. The summed E-state index contributed by atoms with van der Waals surface area (Å²) in [6.07, 6.45) is 0. The summed E-state index contributed by atoms with van der Waals surface area (Å²) in [6, 6.07) is 12.8. The van der Waals surface area contributed by atoms with E-state index in [-0.39, 0.29) is 10.8 Å². The summed E-state index contributed by atoms with van der Waals surface area (Å²) in [5, 5.41) is 10.9. The number of carbonyl (C=O) groups is 1. The molecule has 4 N–H and O–H groups in total. The fraction of sp³-hybridized carbons (Fsp3) is 0.235. The summed E-state index contributed by atoms with van der Waals surface area (Å²) in [5.74, 6) is 0.526. The van der Waals surface area contributed by atoms with Crippen molar-refractivity contribution >= 4 is 21.6 Å². The normalized spacial score (nSPS) is 12.4. The number of nitrogens with two attached hydrogens (primary N) is 1. The molecule has 0 spiro atoms. The van der Waals surface area contributed by atoms with Crippen molar-refractivity contribution < 1.29 is 17.9 Å². The third kappa shape index (κ3) is 5.56. The van der Waals surface area contributed by atoms with E-state index in [1.807, 2.05) is 24.3 Å². The van der Waals surface area contributed by atoms with Gasteiger partial charge in [0.2, 0.25) is 15.9 Å². The molecule has 1 atom stereocenters. The van der Waals surface area contributed by atoms with Crippen LogP contribution in [0.1, 0.15) is 12.5 Å². The van der Waals surface area contributed by atoms with Crippen LogP contribution in [-0.2, 0) is 21.4 Å². The second-order valence-corrected chi connectivity index (χ2v) is 7.07. The first kappa shape index (κ1) is 18.9. The number of ether oxygens (including phenoxy) is 1. The van der Waals surface area contributed by atoms with Crippen molar-refractivity contribution in [2.45, 2.75) is 24.4 Å². The third-order valence-electron chi connectivity index (χ3n) is 3.59. The van der Waals surface area contributed by atoms with Crippen LogP contribution in [0.15, 0.2) is 53.4 Å². The van der Waals surface area contributed by atoms with Crippen molar-refractivity contribution in [3.8, 4) is 5.75 Å². The summed E-state index contributed by atoms with van der Waals surface area (Å²) < 4.78 is 27.6. The van der Waals surface area contributed by atoms with Gasteiger partial charge in [-0.05, 0) is 48.9 Å². The Morgan fingerprint density at radius 2 is 1.88 bits per heavy atom. The van der Waals surface area contributed by atoms with Crippen LogP contribution in [0, 0.1) is 0 Å². The summed E-state index contributed by atoms with van der Waals surface area (Å²) in [7, 11) is -2.14. The molecule has 2 rings (SSSR count). The number of amides is 1. The molecular weight excluding hydrogens is 342 g/mol. The average molecular weight is 363 g/mol. The van der Waals surface area contributed by atoms with Crippen LogP contribution < -0.4 is 20.5 Å². The van der Waals surface area contributed by atoms with E-state index < -0.39 is 16.1 Å². The summed E-state index contributed by atoms with van der Waals surface area (Å²) in [5.41, 5.74) is 1.49. The van der Waals surface area contributed by atoms with Crippen molar-refractivity contribution in [1.29, 1.82) is 0 Å². The van der Waals surface area contributed by atoms with Crippen molar-refractivity contribution in [3.05, 3.63) is 54.1 Å². The van der Waals surface area contributed by atoms with Crippen LogP contribution in [0.4, 0.5) is 5.69 Å². The molecule has 2 aromatic carbocycles. The molecule has 1 amide bonds. The Morgan fingerprint density at radius 3 is 2.48 bits per heavy atom. The average Bonchev–Trinajstić information content (AvgIpc) is 2.59. The van der Waals surface area contributed by atoms with Crippen LogP contribution in [0.5, 0.6) is 5.75 Å². The maximum Gasteiger partial charge on any atom is 0.241 e. The molecule has 0 aliphatic rings. The Kier molecular flexibility index (Phi) is 6.13. The van der Waals surface area contributed by atoms with Gasteiger partial charge in [0.05, 0.1) is 18.0 Å². The maximum absolute atomic E-state index is 12.2. The van der Waals surface area contributed by atoms with Gasteiger partial charge in [-0.15, -0.1) is 0 Å². The number of sulfonamides is 1. The summed E-state index contributed by atoms with van der Waals surface area (Å²) in [4.78, 5) is 12.2. The Hall–Kier alpha value is -2.42. The number of carbonyl (C=O) groups excluding carboxylic acids is 1. The standard InChI is InChI=1S/C17H21N3O4S/c1-12(19-11-13-4-3-5-15(10-13)24-2)17(21)20-14-6-8-16(9-7-14)25(18,22)23/h3-10,12,19H,11H2,1-2H3,(H,20,21)(H2,18,22,23)/t12-/m1/s1. The highest BCUT2D eigenvalue weighted by Gasteiger charge is 2.13. The second-order valence-electron chi connectivity index (χ2n) is 5.51. The van der Waals surface area contributed by atoms with E-state index in [9.17, 15) is 13.2 Å². The number of methoxy groups -OCH3 is 1. The highest BCUT2D eigenvalue weighted by molar-refractivity contribution is 7.89. The quantitative estimate of drug-likeness (QED) is 0.690. The number of benzene rings is 2. The molecule has 0 saturated heterocycles. The number of nitrogens with one attached hydrogen (secondary N) is 2. The van der Waals surface area contributed by atoms with Gasteiger partial charge in [0.25, 0.3) is 0 Å². The number of hydrogen-bond donors (Lipinski definition) is 3. The smallest absolute Gasteiger partial charge is 0.241 e. The van der Waals surface area contributed by atoms with E-state index in [4.69, 9.17) is 9.88 Å². The molecule has 7 nitrogen and oxygen atoms in total. The van der Waals surface area contributed by atoms with Gasteiger partial charge in [0, 0.05) is 12.2 Å². The van der Waals surface area contributed by atoms with E-state index in [1.165, 1.54) is 24.3 Å². The monoisotopic (exact) mass is 363 g/mol. The predicted octanol–water partition coefficient (Wildman–Crippen LogP) is 1.46. The topological polar surface area (TPSA) is 111 Å². The number of primary sulfonamides is 1. The van der Waals surface area contributed by atoms with E-state index in [2.05, 4.69) is 10.6 Å². The van der Waals surface area contributed by atoms with Crippen molar-refractivity contribution in [2.24, 2.45) is 5.14 Å². The SMILES string of the molecule is COc1cccc(CN[C@H](C)C(=O)Nc2ccc(S(N)(=O)=O)cc2)c1. The van der Waals surface area contributed by atoms with Crippen LogP contribution in [-0.4, -0.2) is 27.5 Å². The van der Waals surface area contributed by atoms with Crippen LogP contribution in [0.25, 0.3) is 0 Å². The third-order valence-corrected chi connectivity index (χ3v) is 4.52. The Balaban J connectivity index is 1.91. The van der Waals surface area contributed by atoms with Gasteiger partial charge in [0.15, 0.2) is 0 Å². The zero-order valence-electron chi connectivity index (χ0n) is 14.0. The molecule has 134 valence electrons. The van der Waals surface area contributed by atoms with E-state index in [0.717, 1.165) is 11.3 Å². The van der Waals surface area contributed by atoms with Gasteiger partial charge < -0.3 is 15.4 Å². The van der Waals surface area contributed by atoms with Gasteiger partial charge in [0.1, 0.15) is 5.75 Å². The minimum Gasteiger partial charge on any atom is -0.497 e. The Labute approximate surface area is 147 Å². The Bertz CT molecular complexity index is 835. The number of rotatable bonds is 7. The van der Waals surface area contributed by atoms with Crippen molar-refractivity contribution in [3.63, 3.8) is 0 Å². The lowest BCUT2D eigenvalue weighted by atomic mass is 10.2. The van der Waals surface area contributed by atoms with Crippen LogP contribution in [0.3, 0.4) is 0 Å². The van der Waals surface area contributed by atoms with Gasteiger partial charge in [-0.3, -0.25) is 4.79 Å². The zero-order valence-corrected chi connectivity index (χ0v) is 14.8. The molecule has 0 saturated carbocycles. The molecule has 0 bridgehead atoms. The molecule has 0 unspecified atom stereocenters. The first-order valence-corrected chi connectivity index (χ1v) is 9.14. The van der Waals surface area contributed by atoms with Gasteiger partial charge in [-0.2, -0.15) is 0 Å². The van der Waals surface area contributed by atoms with Crippen LogP contribution >= 0.6 is 0 Å². The lowest BCUT2D eigenvalue weighted by Crippen LogP contribution is -2.37. The van der Waals surface area contributed by atoms with Crippen molar-refractivity contribution in [1.82, 2.24) is 5.32 Å². The predicted molar refractivity (Wildman–Crippen MR) is 95.7 cm³/mol. The highest BCUT2D eigenvalue weighted by Crippen LogP contribution is 2.14. The van der Waals surface area contributed by atoms with Gasteiger partial charge in [-0.1, -0.05) is 12.1 Å². The molecular formula is C17H21N3O4S. The minimum absolute atomic E-state index is 0.00491. The first-order valence-electron chi connectivity index (χ1n) is 7.59. The molecule has 0 aliphatic heterocycles. The molecule has 0 aliphatic carbocycles. The second kappa shape index (κ2) is 8.11.